The molecular formula is C17H20O2. The van der Waals surface area contributed by atoms with Crippen LogP contribution in [-0.4, -0.2) is 19.8 Å². The Hall–Kier alpha value is -1.98. The Morgan fingerprint density at radius 2 is 2.26 bits per heavy atom. The summed E-state index contributed by atoms with van der Waals surface area (Å²) >= 11 is 0. The Kier molecular flexibility index (Phi) is 7.16. The number of allylic oxidation sites excluding steroid dienone is 7. The lowest BCUT2D eigenvalue weighted by Crippen LogP contribution is -2.00. The molecular weight excluding hydrogens is 236 g/mol. The molecule has 1 aliphatic rings. The summed E-state index contributed by atoms with van der Waals surface area (Å²) in [5.41, 5.74) is 1.13. The molecule has 2 nitrogen and oxygen atoms in total. The average molecular weight is 256 g/mol. The SMILES string of the molecule is C/C=C\C(C)=C/C#CCOC1=CC=CC(OC)C=C1. The molecule has 100 valence electrons. The van der Waals surface area contributed by atoms with Crippen LogP contribution < -0.4 is 0 Å². The van der Waals surface area contributed by atoms with E-state index in [2.05, 4.69) is 11.8 Å². The van der Waals surface area contributed by atoms with Crippen LogP contribution in [0.5, 0.6) is 0 Å². The van der Waals surface area contributed by atoms with E-state index in [-0.39, 0.29) is 6.10 Å². The predicted molar refractivity (Wildman–Crippen MR) is 79.5 cm³/mol. The fourth-order valence-corrected chi connectivity index (χ4v) is 1.46. The van der Waals surface area contributed by atoms with Crippen LogP contribution in [0.4, 0.5) is 0 Å². The van der Waals surface area contributed by atoms with Crippen molar-refractivity contribution in [3.8, 4) is 11.8 Å². The Labute approximate surface area is 115 Å². The first kappa shape index (κ1) is 15.1. The van der Waals surface area contributed by atoms with Gasteiger partial charge in [0.2, 0.25) is 0 Å². The van der Waals surface area contributed by atoms with Gasteiger partial charge in [-0.1, -0.05) is 36.1 Å². The highest BCUT2D eigenvalue weighted by molar-refractivity contribution is 5.28. The second-order valence-electron chi connectivity index (χ2n) is 4.01. The molecule has 0 amide bonds. The van der Waals surface area contributed by atoms with Gasteiger partial charge >= 0.3 is 0 Å². The van der Waals surface area contributed by atoms with E-state index in [9.17, 15) is 0 Å². The maximum atomic E-state index is 5.54. The van der Waals surface area contributed by atoms with Gasteiger partial charge in [0.1, 0.15) is 12.4 Å². The number of hydrogen-bond donors (Lipinski definition) is 0. The van der Waals surface area contributed by atoms with Crippen LogP contribution in [0.2, 0.25) is 0 Å². The van der Waals surface area contributed by atoms with Gasteiger partial charge in [-0.25, -0.2) is 0 Å². The molecule has 0 radical (unpaired) electrons. The molecule has 0 aromatic rings. The minimum Gasteiger partial charge on any atom is -0.481 e. The monoisotopic (exact) mass is 256 g/mol. The van der Waals surface area contributed by atoms with E-state index in [1.54, 1.807) is 7.11 Å². The largest absolute Gasteiger partial charge is 0.481 e. The fraction of sp³-hybridized carbons (Fsp3) is 0.294. The van der Waals surface area contributed by atoms with Gasteiger partial charge in [0, 0.05) is 7.11 Å². The first-order valence-electron chi connectivity index (χ1n) is 6.26. The molecule has 0 bridgehead atoms. The summed E-state index contributed by atoms with van der Waals surface area (Å²) in [7, 11) is 1.68. The van der Waals surface area contributed by atoms with Crippen LogP contribution >= 0.6 is 0 Å². The summed E-state index contributed by atoms with van der Waals surface area (Å²) in [4.78, 5) is 0. The molecule has 0 aliphatic heterocycles. The van der Waals surface area contributed by atoms with Crippen LogP contribution in [0, 0.1) is 11.8 Å². The lowest BCUT2D eigenvalue weighted by molar-refractivity contribution is 0.177. The van der Waals surface area contributed by atoms with Crippen molar-refractivity contribution in [1.82, 2.24) is 0 Å². The van der Waals surface area contributed by atoms with E-state index < -0.39 is 0 Å². The highest BCUT2D eigenvalue weighted by atomic mass is 16.5. The van der Waals surface area contributed by atoms with E-state index in [4.69, 9.17) is 9.47 Å². The third kappa shape index (κ3) is 6.49. The summed E-state index contributed by atoms with van der Waals surface area (Å²) in [5, 5.41) is 0. The molecule has 1 atom stereocenters. The van der Waals surface area contributed by atoms with Crippen LogP contribution in [-0.2, 0) is 9.47 Å². The molecule has 0 spiro atoms. The van der Waals surface area contributed by atoms with E-state index in [0.29, 0.717) is 6.61 Å². The zero-order valence-corrected chi connectivity index (χ0v) is 11.7. The minimum atomic E-state index is 0.00912. The summed E-state index contributed by atoms with van der Waals surface area (Å²) in [5.74, 6) is 6.71. The molecule has 0 aromatic heterocycles. The molecule has 1 aliphatic carbocycles. The van der Waals surface area contributed by atoms with Gasteiger partial charge in [-0.3, -0.25) is 0 Å². The number of hydrogen-bond acceptors (Lipinski definition) is 2. The summed E-state index contributed by atoms with van der Waals surface area (Å²) in [6, 6.07) is 0. The van der Waals surface area contributed by atoms with Crippen molar-refractivity contribution >= 4 is 0 Å². The molecule has 19 heavy (non-hydrogen) atoms. The minimum absolute atomic E-state index is 0.00912. The van der Waals surface area contributed by atoms with E-state index in [0.717, 1.165) is 11.3 Å². The van der Waals surface area contributed by atoms with Crippen LogP contribution in [0.15, 0.2) is 59.9 Å². The molecule has 2 heteroatoms. The molecule has 0 saturated heterocycles. The van der Waals surface area contributed by atoms with E-state index in [1.807, 2.05) is 62.5 Å². The van der Waals surface area contributed by atoms with Crippen molar-refractivity contribution < 1.29 is 9.47 Å². The zero-order valence-electron chi connectivity index (χ0n) is 11.7. The van der Waals surface area contributed by atoms with Crippen LogP contribution in [0.3, 0.4) is 0 Å². The van der Waals surface area contributed by atoms with Gasteiger partial charge in [0.25, 0.3) is 0 Å². The second kappa shape index (κ2) is 9.02. The van der Waals surface area contributed by atoms with Crippen molar-refractivity contribution in [3.05, 3.63) is 59.9 Å². The standard InChI is InChI=1S/C17H20O2/c1-4-8-15(2)9-5-6-14-19-17-11-7-10-16(18-3)12-13-17/h4,7-13,16H,14H2,1-3H3/b8-4-,15-9-. The van der Waals surface area contributed by atoms with E-state index >= 15 is 0 Å². The second-order valence-corrected chi connectivity index (χ2v) is 4.01. The van der Waals surface area contributed by atoms with Gasteiger partial charge in [0.15, 0.2) is 0 Å². The average Bonchev–Trinajstić information content (AvgIpc) is 2.64. The molecule has 0 heterocycles. The van der Waals surface area contributed by atoms with Crippen molar-refractivity contribution in [3.63, 3.8) is 0 Å². The summed E-state index contributed by atoms with van der Waals surface area (Å²) < 4.78 is 10.8. The number of rotatable bonds is 4. The number of ether oxygens (including phenoxy) is 2. The zero-order chi connectivity index (χ0) is 13.9. The Balaban J connectivity index is 2.42. The smallest absolute Gasteiger partial charge is 0.149 e. The molecule has 0 aromatic carbocycles. The molecule has 1 unspecified atom stereocenters. The van der Waals surface area contributed by atoms with E-state index in [1.165, 1.54) is 0 Å². The fourth-order valence-electron chi connectivity index (χ4n) is 1.46. The van der Waals surface area contributed by atoms with Gasteiger partial charge in [-0.15, -0.1) is 0 Å². The molecule has 0 N–H and O–H groups in total. The highest BCUT2D eigenvalue weighted by Gasteiger charge is 2.00. The van der Waals surface area contributed by atoms with Crippen molar-refractivity contribution in [1.29, 1.82) is 0 Å². The Bertz CT molecular complexity index is 479. The molecule has 0 fully saturated rings. The van der Waals surface area contributed by atoms with Gasteiger partial charge in [0.05, 0.1) is 6.10 Å². The maximum absolute atomic E-state index is 5.54. The first-order chi connectivity index (χ1) is 9.26. The third-order valence-electron chi connectivity index (χ3n) is 2.43. The lowest BCUT2D eigenvalue weighted by atomic mass is 10.2. The topological polar surface area (TPSA) is 18.5 Å². The number of methoxy groups -OCH3 is 1. The van der Waals surface area contributed by atoms with Crippen molar-refractivity contribution in [2.45, 2.75) is 20.0 Å². The lowest BCUT2D eigenvalue weighted by Gasteiger charge is -2.03. The summed E-state index contributed by atoms with van der Waals surface area (Å²) in [6.45, 7) is 4.38. The van der Waals surface area contributed by atoms with Crippen molar-refractivity contribution in [2.75, 3.05) is 13.7 Å². The Morgan fingerprint density at radius 1 is 1.42 bits per heavy atom. The van der Waals surface area contributed by atoms with Gasteiger partial charge in [-0.2, -0.15) is 0 Å². The van der Waals surface area contributed by atoms with Crippen LogP contribution in [0.25, 0.3) is 0 Å². The maximum Gasteiger partial charge on any atom is 0.149 e. The van der Waals surface area contributed by atoms with Gasteiger partial charge < -0.3 is 9.47 Å². The first-order valence-corrected chi connectivity index (χ1v) is 6.26. The quantitative estimate of drug-likeness (QED) is 0.565. The third-order valence-corrected chi connectivity index (χ3v) is 2.43. The molecule has 0 saturated carbocycles. The summed E-state index contributed by atoms with van der Waals surface area (Å²) in [6.07, 6.45) is 15.5. The predicted octanol–water partition coefficient (Wildman–Crippen LogP) is 3.55. The molecule has 1 rings (SSSR count). The highest BCUT2D eigenvalue weighted by Crippen LogP contribution is 2.08. The van der Waals surface area contributed by atoms with Crippen LogP contribution in [0.1, 0.15) is 13.8 Å². The van der Waals surface area contributed by atoms with Gasteiger partial charge in [-0.05, 0) is 43.7 Å². The van der Waals surface area contributed by atoms with Crippen molar-refractivity contribution in [2.24, 2.45) is 0 Å². The normalized spacial score (nSPS) is 18.8. The Morgan fingerprint density at radius 3 is 3.00 bits per heavy atom.